The van der Waals surface area contributed by atoms with E-state index in [-0.39, 0.29) is 6.23 Å². The molecule has 22 heavy (non-hydrogen) atoms. The molecule has 0 spiro atoms. The Balaban J connectivity index is 2.06. The molecule has 1 N–H and O–H groups in total. The Morgan fingerprint density at radius 2 is 2.45 bits per heavy atom. The second-order valence-corrected chi connectivity index (χ2v) is 5.78. The van der Waals surface area contributed by atoms with Gasteiger partial charge in [-0.1, -0.05) is 23.9 Å². The van der Waals surface area contributed by atoms with Crippen LogP contribution in [0, 0.1) is 11.5 Å². The number of fused-ring (bicyclic) bond motifs is 1. The van der Waals surface area contributed by atoms with Crippen molar-refractivity contribution in [2.45, 2.75) is 25.5 Å². The minimum absolute atomic E-state index is 0.0377. The number of hydrogen-bond donors (Lipinski definition) is 1. The highest BCUT2D eigenvalue weighted by atomic mass is 32.2. The van der Waals surface area contributed by atoms with Crippen molar-refractivity contribution in [2.24, 2.45) is 4.99 Å². The molecular weight excluding hydrogens is 298 g/mol. The van der Waals surface area contributed by atoms with Crippen LogP contribution in [0.3, 0.4) is 0 Å². The van der Waals surface area contributed by atoms with Crippen molar-refractivity contribution in [2.75, 3.05) is 12.9 Å². The first kappa shape index (κ1) is 14.9. The van der Waals surface area contributed by atoms with Gasteiger partial charge >= 0.3 is 0 Å². The van der Waals surface area contributed by atoms with Gasteiger partial charge in [0.1, 0.15) is 0 Å². The van der Waals surface area contributed by atoms with Crippen molar-refractivity contribution in [3.8, 4) is 6.19 Å². The summed E-state index contributed by atoms with van der Waals surface area (Å²) in [5, 5.41) is 17.5. The zero-order chi connectivity index (χ0) is 15.4. The third-order valence-corrected chi connectivity index (χ3v) is 4.18. The number of rotatable bonds is 2. The van der Waals surface area contributed by atoms with Crippen LogP contribution in [0.25, 0.3) is 10.9 Å². The van der Waals surface area contributed by atoms with E-state index in [2.05, 4.69) is 15.4 Å². The van der Waals surface area contributed by atoms with Crippen LogP contribution in [-0.2, 0) is 4.74 Å². The lowest BCUT2D eigenvalue weighted by Gasteiger charge is -2.23. The summed E-state index contributed by atoms with van der Waals surface area (Å²) >= 11 is 1.40. The quantitative estimate of drug-likeness (QED) is 0.399. The lowest BCUT2D eigenvalue weighted by atomic mass is 10.2. The molecular formula is C15H17N5OS. The monoisotopic (exact) mass is 315 g/mol. The number of benzene rings is 1. The van der Waals surface area contributed by atoms with Crippen LogP contribution in [0.2, 0.25) is 0 Å². The van der Waals surface area contributed by atoms with Crippen molar-refractivity contribution in [1.82, 2.24) is 15.1 Å². The van der Waals surface area contributed by atoms with Crippen LogP contribution in [0.15, 0.2) is 29.4 Å². The highest BCUT2D eigenvalue weighted by molar-refractivity contribution is 8.13. The van der Waals surface area contributed by atoms with Crippen molar-refractivity contribution >= 4 is 33.5 Å². The number of ether oxygens (including phenoxy) is 1. The van der Waals surface area contributed by atoms with Crippen LogP contribution >= 0.6 is 11.8 Å². The number of nitrogens with zero attached hydrogens (tertiary/aromatic N) is 4. The van der Waals surface area contributed by atoms with Gasteiger partial charge in [-0.3, -0.25) is 5.32 Å². The summed E-state index contributed by atoms with van der Waals surface area (Å²) in [6, 6.07) is 5.88. The average molecular weight is 315 g/mol. The Morgan fingerprint density at radius 1 is 1.55 bits per heavy atom. The first-order valence-electron chi connectivity index (χ1n) is 7.19. The van der Waals surface area contributed by atoms with Gasteiger partial charge in [0.15, 0.2) is 17.6 Å². The van der Waals surface area contributed by atoms with Gasteiger partial charge in [-0.05, 0) is 31.6 Å². The van der Waals surface area contributed by atoms with E-state index in [4.69, 9.17) is 10.00 Å². The van der Waals surface area contributed by atoms with Gasteiger partial charge in [0, 0.05) is 12.0 Å². The van der Waals surface area contributed by atoms with E-state index in [0.29, 0.717) is 5.17 Å². The molecule has 0 aliphatic carbocycles. The van der Waals surface area contributed by atoms with Gasteiger partial charge in [-0.15, -0.1) is 0 Å². The molecule has 1 aromatic heterocycles. The first-order chi connectivity index (χ1) is 10.8. The number of hydrogen-bond acceptors (Lipinski definition) is 5. The van der Waals surface area contributed by atoms with E-state index >= 15 is 0 Å². The molecule has 1 fully saturated rings. The molecule has 0 saturated carbocycles. The largest absolute Gasteiger partial charge is 0.356 e. The summed E-state index contributed by atoms with van der Waals surface area (Å²) in [4.78, 5) is 4.55. The van der Waals surface area contributed by atoms with E-state index in [1.165, 1.54) is 11.8 Å². The van der Waals surface area contributed by atoms with Gasteiger partial charge in [0.05, 0.1) is 17.4 Å². The van der Waals surface area contributed by atoms with Crippen molar-refractivity contribution in [1.29, 1.82) is 5.26 Å². The Morgan fingerprint density at radius 3 is 3.18 bits per heavy atom. The minimum atomic E-state index is -0.0377. The zero-order valence-electron chi connectivity index (χ0n) is 12.3. The van der Waals surface area contributed by atoms with Crippen molar-refractivity contribution in [3.05, 3.63) is 24.4 Å². The minimum Gasteiger partial charge on any atom is -0.356 e. The van der Waals surface area contributed by atoms with Crippen LogP contribution < -0.4 is 5.32 Å². The Hall–Kier alpha value is -2.04. The number of aliphatic imine (C=N–C) groups is 1. The molecule has 0 amide bonds. The lowest BCUT2D eigenvalue weighted by Crippen LogP contribution is -2.19. The molecule has 2 aromatic rings. The van der Waals surface area contributed by atoms with Gasteiger partial charge < -0.3 is 4.74 Å². The molecule has 114 valence electrons. The third-order valence-electron chi connectivity index (χ3n) is 3.60. The fourth-order valence-corrected chi connectivity index (χ4v) is 2.93. The molecule has 1 aliphatic rings. The molecule has 0 radical (unpaired) electrons. The Bertz CT molecular complexity index is 727. The third kappa shape index (κ3) is 2.93. The maximum atomic E-state index is 8.78. The van der Waals surface area contributed by atoms with E-state index in [0.717, 1.165) is 42.5 Å². The molecule has 1 saturated heterocycles. The number of amidine groups is 1. The predicted octanol–water partition coefficient (Wildman–Crippen LogP) is 3.16. The van der Waals surface area contributed by atoms with E-state index in [1.54, 1.807) is 0 Å². The van der Waals surface area contributed by atoms with Crippen LogP contribution in [-0.4, -0.2) is 27.8 Å². The summed E-state index contributed by atoms with van der Waals surface area (Å²) in [6.07, 6.45) is 8.79. The molecule has 0 bridgehead atoms. The van der Waals surface area contributed by atoms with Crippen LogP contribution in [0.1, 0.15) is 25.5 Å². The van der Waals surface area contributed by atoms with Gasteiger partial charge in [-0.25, -0.2) is 9.67 Å². The van der Waals surface area contributed by atoms with E-state index < -0.39 is 0 Å². The molecule has 3 rings (SSSR count). The second-order valence-electron chi connectivity index (χ2n) is 4.98. The standard InChI is InChI=1S/C15H17N5OS/c1-22-15(17-10-16)19-12-6-4-5-11-9-18-20(14(11)12)13-7-2-3-8-21-13/h4-6,9,13H,2-3,7-8H2,1H3,(H,17,19). The summed E-state index contributed by atoms with van der Waals surface area (Å²) < 4.78 is 7.76. The Kier molecular flexibility index (Phi) is 4.61. The van der Waals surface area contributed by atoms with Gasteiger partial charge in [0.2, 0.25) is 0 Å². The highest BCUT2D eigenvalue weighted by Crippen LogP contribution is 2.32. The number of para-hydroxylation sites is 1. The van der Waals surface area contributed by atoms with E-state index in [9.17, 15) is 0 Å². The Labute approximate surface area is 133 Å². The summed E-state index contributed by atoms with van der Waals surface area (Å²) in [5.41, 5.74) is 1.73. The highest BCUT2D eigenvalue weighted by Gasteiger charge is 2.20. The summed E-state index contributed by atoms with van der Waals surface area (Å²) in [7, 11) is 0. The summed E-state index contributed by atoms with van der Waals surface area (Å²) in [6.45, 7) is 0.767. The lowest BCUT2D eigenvalue weighted by molar-refractivity contribution is -0.0366. The molecule has 2 heterocycles. The van der Waals surface area contributed by atoms with Gasteiger partial charge in [-0.2, -0.15) is 10.4 Å². The predicted molar refractivity (Wildman–Crippen MR) is 87.9 cm³/mol. The van der Waals surface area contributed by atoms with Gasteiger partial charge in [0.25, 0.3) is 0 Å². The molecule has 1 unspecified atom stereocenters. The van der Waals surface area contributed by atoms with Crippen LogP contribution in [0.4, 0.5) is 5.69 Å². The maximum Gasteiger partial charge on any atom is 0.183 e. The molecule has 1 aliphatic heterocycles. The number of nitriles is 1. The van der Waals surface area contributed by atoms with Crippen LogP contribution in [0.5, 0.6) is 0 Å². The topological polar surface area (TPSA) is 75.2 Å². The normalized spacial score (nSPS) is 19.1. The SMILES string of the molecule is CSC(=Nc1cccc2cnn(C3CCCCO3)c12)NC#N. The van der Waals surface area contributed by atoms with E-state index in [1.807, 2.05) is 41.5 Å². The number of aromatic nitrogens is 2. The fraction of sp³-hybridized carbons (Fsp3) is 0.400. The van der Waals surface area contributed by atoms with Crippen molar-refractivity contribution < 1.29 is 4.74 Å². The zero-order valence-corrected chi connectivity index (χ0v) is 13.1. The molecule has 1 atom stereocenters. The van der Waals surface area contributed by atoms with Crippen molar-refractivity contribution in [3.63, 3.8) is 0 Å². The smallest absolute Gasteiger partial charge is 0.183 e. The average Bonchev–Trinajstić information content (AvgIpc) is 3.00. The molecule has 6 nitrogen and oxygen atoms in total. The fourth-order valence-electron chi connectivity index (χ4n) is 2.59. The first-order valence-corrected chi connectivity index (χ1v) is 8.41. The maximum absolute atomic E-state index is 8.78. The summed E-state index contributed by atoms with van der Waals surface area (Å²) in [5.74, 6) is 0. The molecule has 7 heteroatoms. The number of thioether (sulfide) groups is 1. The number of nitrogens with one attached hydrogen (secondary N) is 1. The molecule has 1 aromatic carbocycles. The second kappa shape index (κ2) is 6.81.